The van der Waals surface area contributed by atoms with Crippen LogP contribution in [0.5, 0.6) is 0 Å². The second kappa shape index (κ2) is 10.1. The molecule has 182 valence electrons. The minimum absolute atomic E-state index is 0.377. The van der Waals surface area contributed by atoms with Gasteiger partial charge in [-0.1, -0.05) is 18.2 Å². The highest BCUT2D eigenvalue weighted by molar-refractivity contribution is 5.93. The molecule has 8 heteroatoms. The van der Waals surface area contributed by atoms with E-state index in [1.54, 1.807) is 33.2 Å². The number of carbonyl (C=O) groups is 1. The van der Waals surface area contributed by atoms with Crippen LogP contribution in [0.15, 0.2) is 60.9 Å². The molecule has 0 unspecified atom stereocenters. The number of aromatic nitrogens is 2. The van der Waals surface area contributed by atoms with E-state index in [9.17, 15) is 13.6 Å². The first-order chi connectivity index (χ1) is 16.7. The summed E-state index contributed by atoms with van der Waals surface area (Å²) in [6.45, 7) is 6.32. The second-order valence-corrected chi connectivity index (χ2v) is 9.25. The molecule has 0 bridgehead atoms. The van der Waals surface area contributed by atoms with Gasteiger partial charge < -0.3 is 20.4 Å². The molecule has 2 aromatic carbocycles. The number of rotatable bonds is 7. The summed E-state index contributed by atoms with van der Waals surface area (Å²) in [5.41, 5.74) is 3.63. The Hall–Kier alpha value is -3.94. The summed E-state index contributed by atoms with van der Waals surface area (Å²) in [5, 5.41) is 7.16. The Morgan fingerprint density at radius 3 is 2.43 bits per heavy atom. The van der Waals surface area contributed by atoms with Crippen molar-refractivity contribution >= 4 is 22.7 Å². The van der Waals surface area contributed by atoms with Crippen LogP contribution in [-0.4, -0.2) is 34.8 Å². The molecule has 2 aromatic heterocycles. The number of hydrogen-bond donors (Lipinski definition) is 3. The molecule has 2 heterocycles. The van der Waals surface area contributed by atoms with E-state index < -0.39 is 23.3 Å². The van der Waals surface area contributed by atoms with Gasteiger partial charge in [0, 0.05) is 53.6 Å². The molecular formula is C27H28F2N4O2. The zero-order valence-electron chi connectivity index (χ0n) is 19.9. The highest BCUT2D eigenvalue weighted by Gasteiger charge is 2.17. The zero-order valence-corrected chi connectivity index (χ0v) is 19.9. The van der Waals surface area contributed by atoms with Gasteiger partial charge in [0.05, 0.1) is 11.4 Å². The lowest BCUT2D eigenvalue weighted by Crippen LogP contribution is -2.33. The monoisotopic (exact) mass is 478 g/mol. The number of H-pyrrole nitrogens is 1. The van der Waals surface area contributed by atoms with Crippen molar-refractivity contribution in [3.63, 3.8) is 0 Å². The number of benzene rings is 2. The number of anilines is 1. The number of fused-ring (bicyclic) bond motifs is 1. The summed E-state index contributed by atoms with van der Waals surface area (Å²) in [5.74, 6) is -1.33. The number of amides is 1. The van der Waals surface area contributed by atoms with Crippen LogP contribution in [0.4, 0.5) is 19.3 Å². The number of pyridine rings is 1. The Kier molecular flexibility index (Phi) is 7.00. The predicted molar refractivity (Wildman–Crippen MR) is 134 cm³/mol. The highest BCUT2D eigenvalue weighted by Crippen LogP contribution is 2.37. The van der Waals surface area contributed by atoms with E-state index in [-0.39, 0.29) is 0 Å². The van der Waals surface area contributed by atoms with Gasteiger partial charge >= 0.3 is 6.09 Å². The van der Waals surface area contributed by atoms with Gasteiger partial charge in [-0.25, -0.2) is 13.6 Å². The molecule has 0 fully saturated rings. The summed E-state index contributed by atoms with van der Waals surface area (Å²) in [6, 6.07) is 13.3. The lowest BCUT2D eigenvalue weighted by Gasteiger charge is -2.20. The molecule has 0 aliphatic rings. The number of para-hydroxylation sites is 1. The Balaban J connectivity index is 1.60. The molecule has 0 aliphatic carbocycles. The standard InChI is InChI=1S/C27H28F2N4O2/c1-27(2,3)35-26(34)32-10-6-9-31-25-21(18-11-19(28)14-20(29)12-18)15-30-16-22(25)24-13-17-7-4-5-8-23(17)33-24/h4-5,7-8,11-16,33H,6,9-10H2,1-3H3,(H,30,31)(H,32,34). The SMILES string of the molecule is CC(C)(C)OC(=O)NCCCNc1c(-c2cc(F)cc(F)c2)cncc1-c1cc2ccccc2[nH]1. The topological polar surface area (TPSA) is 79.0 Å². The number of halogens is 2. The van der Waals surface area contributed by atoms with Crippen LogP contribution in [-0.2, 0) is 4.74 Å². The molecule has 3 N–H and O–H groups in total. The van der Waals surface area contributed by atoms with Crippen molar-refractivity contribution in [1.29, 1.82) is 0 Å². The lowest BCUT2D eigenvalue weighted by atomic mass is 10.0. The van der Waals surface area contributed by atoms with Gasteiger partial charge in [-0.3, -0.25) is 4.98 Å². The molecule has 35 heavy (non-hydrogen) atoms. The van der Waals surface area contributed by atoms with Crippen LogP contribution in [0.1, 0.15) is 27.2 Å². The quantitative estimate of drug-likeness (QED) is 0.265. The van der Waals surface area contributed by atoms with Crippen LogP contribution in [0.2, 0.25) is 0 Å². The average molecular weight is 479 g/mol. The Bertz CT molecular complexity index is 1290. The molecule has 0 saturated carbocycles. The lowest BCUT2D eigenvalue weighted by molar-refractivity contribution is 0.0527. The largest absolute Gasteiger partial charge is 0.444 e. The van der Waals surface area contributed by atoms with E-state index in [0.29, 0.717) is 36.3 Å². The van der Waals surface area contributed by atoms with E-state index in [2.05, 4.69) is 20.6 Å². The third-order valence-electron chi connectivity index (χ3n) is 5.26. The maximum absolute atomic E-state index is 14.0. The van der Waals surface area contributed by atoms with E-state index >= 15 is 0 Å². The Morgan fingerprint density at radius 2 is 1.71 bits per heavy atom. The zero-order chi connectivity index (χ0) is 25.0. The fraction of sp³-hybridized carbons (Fsp3) is 0.259. The molecule has 6 nitrogen and oxygen atoms in total. The molecule has 0 atom stereocenters. The van der Waals surface area contributed by atoms with Crippen LogP contribution in [0.25, 0.3) is 33.3 Å². The minimum Gasteiger partial charge on any atom is -0.444 e. The third-order valence-corrected chi connectivity index (χ3v) is 5.26. The average Bonchev–Trinajstić information content (AvgIpc) is 3.21. The first kappa shape index (κ1) is 24.2. The minimum atomic E-state index is -0.663. The van der Waals surface area contributed by atoms with E-state index in [1.165, 1.54) is 12.1 Å². The fourth-order valence-corrected chi connectivity index (χ4v) is 3.81. The Morgan fingerprint density at radius 1 is 1.00 bits per heavy atom. The van der Waals surface area contributed by atoms with Crippen LogP contribution >= 0.6 is 0 Å². The highest BCUT2D eigenvalue weighted by atomic mass is 19.1. The third kappa shape index (κ3) is 6.15. The van der Waals surface area contributed by atoms with Gasteiger partial charge in [-0.05, 0) is 57.0 Å². The van der Waals surface area contributed by atoms with Crippen LogP contribution < -0.4 is 10.6 Å². The molecule has 1 amide bonds. The number of hydrogen-bond acceptors (Lipinski definition) is 4. The molecule has 0 saturated heterocycles. The molecular weight excluding hydrogens is 450 g/mol. The molecule has 4 rings (SSSR count). The fourth-order valence-electron chi connectivity index (χ4n) is 3.81. The molecule has 0 radical (unpaired) electrons. The summed E-state index contributed by atoms with van der Waals surface area (Å²) in [6.07, 6.45) is 3.42. The predicted octanol–water partition coefficient (Wildman–Crippen LogP) is 6.50. The van der Waals surface area contributed by atoms with Crippen molar-refractivity contribution < 1.29 is 18.3 Å². The first-order valence-electron chi connectivity index (χ1n) is 11.4. The molecule has 4 aromatic rings. The maximum Gasteiger partial charge on any atom is 0.407 e. The number of ether oxygens (including phenoxy) is 1. The van der Waals surface area contributed by atoms with Crippen LogP contribution in [0, 0.1) is 11.6 Å². The van der Waals surface area contributed by atoms with Gasteiger partial charge in [0.1, 0.15) is 17.2 Å². The van der Waals surface area contributed by atoms with Gasteiger partial charge in [-0.15, -0.1) is 0 Å². The smallest absolute Gasteiger partial charge is 0.407 e. The van der Waals surface area contributed by atoms with Crippen molar-refractivity contribution in [2.24, 2.45) is 0 Å². The van der Waals surface area contributed by atoms with Gasteiger partial charge in [-0.2, -0.15) is 0 Å². The van der Waals surface area contributed by atoms with Crippen LogP contribution in [0.3, 0.4) is 0 Å². The van der Waals surface area contributed by atoms with E-state index in [1.807, 2.05) is 30.3 Å². The molecule has 0 spiro atoms. The van der Waals surface area contributed by atoms with Gasteiger partial charge in [0.25, 0.3) is 0 Å². The number of nitrogens with one attached hydrogen (secondary N) is 3. The van der Waals surface area contributed by atoms with Crippen molar-refractivity contribution in [1.82, 2.24) is 15.3 Å². The number of carbonyl (C=O) groups excluding carboxylic acids is 1. The van der Waals surface area contributed by atoms with Gasteiger partial charge in [0.2, 0.25) is 0 Å². The summed E-state index contributed by atoms with van der Waals surface area (Å²) < 4.78 is 33.3. The summed E-state index contributed by atoms with van der Waals surface area (Å²) in [7, 11) is 0. The number of alkyl carbamates (subject to hydrolysis) is 1. The summed E-state index contributed by atoms with van der Waals surface area (Å²) in [4.78, 5) is 19.6. The van der Waals surface area contributed by atoms with Gasteiger partial charge in [0.15, 0.2) is 0 Å². The Labute approximate surface area is 202 Å². The van der Waals surface area contributed by atoms with E-state index in [0.717, 1.165) is 28.2 Å². The van der Waals surface area contributed by atoms with Crippen molar-refractivity contribution in [2.75, 3.05) is 18.4 Å². The summed E-state index contributed by atoms with van der Waals surface area (Å²) >= 11 is 0. The number of nitrogens with zero attached hydrogens (tertiary/aromatic N) is 1. The van der Waals surface area contributed by atoms with Crippen molar-refractivity contribution in [3.05, 3.63) is 72.6 Å². The normalized spacial score (nSPS) is 11.5. The molecule has 0 aliphatic heterocycles. The number of aromatic amines is 1. The first-order valence-corrected chi connectivity index (χ1v) is 11.4. The van der Waals surface area contributed by atoms with Crippen molar-refractivity contribution in [2.45, 2.75) is 32.8 Å². The van der Waals surface area contributed by atoms with E-state index in [4.69, 9.17) is 4.74 Å². The van der Waals surface area contributed by atoms with Crippen molar-refractivity contribution in [3.8, 4) is 22.4 Å². The second-order valence-electron chi connectivity index (χ2n) is 9.25. The maximum atomic E-state index is 14.0.